The molecule has 0 fully saturated rings. The van der Waals surface area contributed by atoms with Gasteiger partial charge in [-0.25, -0.2) is 9.79 Å². The van der Waals surface area contributed by atoms with E-state index in [0.717, 1.165) is 24.2 Å². The van der Waals surface area contributed by atoms with Gasteiger partial charge in [-0.3, -0.25) is 9.36 Å². The fourth-order valence-corrected chi connectivity index (χ4v) is 5.51. The van der Waals surface area contributed by atoms with Crippen molar-refractivity contribution in [2.24, 2.45) is 4.99 Å². The van der Waals surface area contributed by atoms with E-state index in [1.165, 1.54) is 11.3 Å². The lowest BCUT2D eigenvalue weighted by atomic mass is 9.95. The fraction of sp³-hybridized carbons (Fsp3) is 0.387. The van der Waals surface area contributed by atoms with Crippen LogP contribution in [0, 0.1) is 0 Å². The minimum absolute atomic E-state index is 0.0494. The largest absolute Gasteiger partial charge is 0.494 e. The van der Waals surface area contributed by atoms with E-state index in [2.05, 4.69) is 11.9 Å². The van der Waals surface area contributed by atoms with Crippen molar-refractivity contribution < 1.29 is 23.7 Å². The second-order valence-electron chi connectivity index (χ2n) is 9.65. The number of allylic oxidation sites excluding steroid dienone is 1. The third-order valence-corrected chi connectivity index (χ3v) is 7.31. The highest BCUT2D eigenvalue weighted by atomic mass is 32.1. The van der Waals surface area contributed by atoms with E-state index in [-0.39, 0.29) is 18.3 Å². The topological polar surface area (TPSA) is 88.3 Å². The number of unbranched alkanes of at least 4 members (excludes halogenated alkanes) is 1. The van der Waals surface area contributed by atoms with Gasteiger partial charge in [-0.2, -0.15) is 0 Å². The average Bonchev–Trinajstić information content (AvgIpc) is 3.23. The summed E-state index contributed by atoms with van der Waals surface area (Å²) in [5.74, 6) is 1.37. The number of methoxy groups -OCH3 is 1. The van der Waals surface area contributed by atoms with E-state index in [1.54, 1.807) is 37.7 Å². The summed E-state index contributed by atoms with van der Waals surface area (Å²) in [6.07, 6.45) is 3.85. The van der Waals surface area contributed by atoms with Crippen LogP contribution in [0.25, 0.3) is 6.08 Å². The Morgan fingerprint density at radius 3 is 2.52 bits per heavy atom. The molecule has 1 aromatic heterocycles. The maximum absolute atomic E-state index is 13.9. The van der Waals surface area contributed by atoms with E-state index in [0.29, 0.717) is 44.3 Å². The van der Waals surface area contributed by atoms with E-state index >= 15 is 0 Å². The minimum Gasteiger partial charge on any atom is -0.494 e. The third kappa shape index (κ3) is 6.31. The van der Waals surface area contributed by atoms with E-state index in [1.807, 2.05) is 50.3 Å². The third-order valence-electron chi connectivity index (χ3n) is 6.33. The summed E-state index contributed by atoms with van der Waals surface area (Å²) < 4.78 is 24.7. The van der Waals surface area contributed by atoms with Crippen LogP contribution in [-0.2, 0) is 9.53 Å². The van der Waals surface area contributed by atoms with Gasteiger partial charge in [0.25, 0.3) is 5.56 Å². The van der Waals surface area contributed by atoms with Crippen LogP contribution in [0.3, 0.4) is 0 Å². The molecule has 0 aliphatic carbocycles. The first-order valence-corrected chi connectivity index (χ1v) is 14.4. The van der Waals surface area contributed by atoms with Crippen LogP contribution in [-0.4, -0.2) is 37.0 Å². The van der Waals surface area contributed by atoms with Crippen LogP contribution in [0.2, 0.25) is 0 Å². The van der Waals surface area contributed by atoms with Gasteiger partial charge in [-0.15, -0.1) is 0 Å². The molecule has 0 saturated heterocycles. The van der Waals surface area contributed by atoms with E-state index < -0.39 is 12.0 Å². The van der Waals surface area contributed by atoms with Crippen molar-refractivity contribution in [1.29, 1.82) is 0 Å². The molecule has 9 heteroatoms. The SMILES string of the molecule is CCCCOc1ccc(C=c2sc3n(c2=O)C(c2ccc(OC(C)C)c(OC)c2)C(C(=O)OCC)=C(C)N=3)cc1. The summed E-state index contributed by atoms with van der Waals surface area (Å²) in [5.41, 5.74) is 2.13. The summed E-state index contributed by atoms with van der Waals surface area (Å²) in [6, 6.07) is 12.3. The number of aromatic nitrogens is 1. The fourth-order valence-electron chi connectivity index (χ4n) is 4.46. The van der Waals surface area contributed by atoms with Crippen molar-refractivity contribution >= 4 is 23.4 Å². The molecular formula is C31H36N2O6S. The predicted octanol–water partition coefficient (Wildman–Crippen LogP) is 4.77. The number of carbonyl (C=O) groups excluding carboxylic acids is 1. The molecule has 0 bridgehead atoms. The van der Waals surface area contributed by atoms with Gasteiger partial charge in [0.1, 0.15) is 5.75 Å². The van der Waals surface area contributed by atoms with Crippen LogP contribution < -0.4 is 29.1 Å². The van der Waals surface area contributed by atoms with Crippen LogP contribution in [0.15, 0.2) is 63.5 Å². The number of hydrogen-bond donors (Lipinski definition) is 0. The second kappa shape index (κ2) is 13.0. The molecule has 40 heavy (non-hydrogen) atoms. The molecule has 0 saturated carbocycles. The molecule has 1 aliphatic rings. The first-order chi connectivity index (χ1) is 19.3. The normalized spacial score (nSPS) is 15.1. The van der Waals surface area contributed by atoms with Crippen LogP contribution >= 0.6 is 11.3 Å². The zero-order valence-electron chi connectivity index (χ0n) is 23.9. The van der Waals surface area contributed by atoms with Crippen molar-refractivity contribution in [3.05, 3.63) is 84.5 Å². The van der Waals surface area contributed by atoms with Gasteiger partial charge >= 0.3 is 5.97 Å². The number of hydrogen-bond acceptors (Lipinski definition) is 8. The highest BCUT2D eigenvalue weighted by Crippen LogP contribution is 2.36. The molecule has 0 spiro atoms. The first kappa shape index (κ1) is 29.1. The van der Waals surface area contributed by atoms with Gasteiger partial charge in [-0.1, -0.05) is 42.9 Å². The predicted molar refractivity (Wildman–Crippen MR) is 156 cm³/mol. The Bertz CT molecular complexity index is 1570. The molecule has 0 amide bonds. The van der Waals surface area contributed by atoms with Gasteiger partial charge in [0.15, 0.2) is 16.3 Å². The molecule has 1 aliphatic heterocycles. The Morgan fingerprint density at radius 1 is 1.12 bits per heavy atom. The monoisotopic (exact) mass is 564 g/mol. The van der Waals surface area contributed by atoms with Gasteiger partial charge in [0, 0.05) is 0 Å². The van der Waals surface area contributed by atoms with Gasteiger partial charge in [-0.05, 0) is 75.6 Å². The smallest absolute Gasteiger partial charge is 0.338 e. The van der Waals surface area contributed by atoms with Gasteiger partial charge < -0.3 is 18.9 Å². The first-order valence-electron chi connectivity index (χ1n) is 13.5. The number of ether oxygens (including phenoxy) is 4. The van der Waals surface area contributed by atoms with Crippen molar-refractivity contribution in [2.45, 2.75) is 59.6 Å². The Balaban J connectivity index is 1.82. The minimum atomic E-state index is -0.742. The molecule has 8 nitrogen and oxygen atoms in total. The highest BCUT2D eigenvalue weighted by molar-refractivity contribution is 7.07. The summed E-state index contributed by atoms with van der Waals surface area (Å²) in [7, 11) is 1.56. The maximum Gasteiger partial charge on any atom is 0.338 e. The summed E-state index contributed by atoms with van der Waals surface area (Å²) in [5, 5.41) is 0. The lowest BCUT2D eigenvalue weighted by Crippen LogP contribution is -2.40. The number of fused-ring (bicyclic) bond motifs is 1. The molecule has 2 heterocycles. The summed E-state index contributed by atoms with van der Waals surface area (Å²) in [6.45, 7) is 10.4. The van der Waals surface area contributed by atoms with Gasteiger partial charge in [0.2, 0.25) is 0 Å². The Hall–Kier alpha value is -3.85. The number of benzene rings is 2. The Labute approximate surface area is 238 Å². The van der Waals surface area contributed by atoms with Crippen molar-refractivity contribution in [2.75, 3.05) is 20.3 Å². The second-order valence-corrected chi connectivity index (χ2v) is 10.7. The number of carbonyl (C=O) groups is 1. The lowest BCUT2D eigenvalue weighted by molar-refractivity contribution is -0.139. The molecule has 0 radical (unpaired) electrons. The number of rotatable bonds is 11. The molecule has 1 unspecified atom stereocenters. The number of thiazole rings is 1. The highest BCUT2D eigenvalue weighted by Gasteiger charge is 2.34. The molecule has 3 aromatic rings. The summed E-state index contributed by atoms with van der Waals surface area (Å²) >= 11 is 1.28. The number of esters is 1. The molecule has 0 N–H and O–H groups in total. The lowest BCUT2D eigenvalue weighted by Gasteiger charge is -2.25. The zero-order valence-corrected chi connectivity index (χ0v) is 24.7. The van der Waals surface area contributed by atoms with Crippen LogP contribution in [0.1, 0.15) is 64.6 Å². The number of nitrogens with zero attached hydrogens (tertiary/aromatic N) is 2. The molecule has 212 valence electrons. The zero-order chi connectivity index (χ0) is 28.8. The van der Waals surface area contributed by atoms with E-state index in [4.69, 9.17) is 18.9 Å². The molecule has 2 aromatic carbocycles. The molecule has 1 atom stereocenters. The maximum atomic E-state index is 13.9. The molecule has 4 rings (SSSR count). The quantitative estimate of drug-likeness (QED) is 0.246. The van der Waals surface area contributed by atoms with Crippen LogP contribution in [0.4, 0.5) is 0 Å². The Kier molecular flexibility index (Phi) is 9.47. The van der Waals surface area contributed by atoms with Crippen molar-refractivity contribution in [1.82, 2.24) is 4.57 Å². The average molecular weight is 565 g/mol. The van der Waals surface area contributed by atoms with Crippen LogP contribution in [0.5, 0.6) is 17.2 Å². The van der Waals surface area contributed by atoms with Crippen molar-refractivity contribution in [3.63, 3.8) is 0 Å². The van der Waals surface area contributed by atoms with E-state index in [9.17, 15) is 9.59 Å². The van der Waals surface area contributed by atoms with Crippen molar-refractivity contribution in [3.8, 4) is 17.2 Å². The Morgan fingerprint density at radius 2 is 1.88 bits per heavy atom. The molecular weight excluding hydrogens is 528 g/mol. The standard InChI is InChI=1S/C31H36N2O6S/c1-7-9-16-38-23-13-10-21(11-14-23)17-26-29(34)33-28(22-12-15-24(39-19(3)4)25(18-22)36-6)27(30(35)37-8-2)20(5)32-31(33)40-26/h10-15,17-19,28H,7-9,16H2,1-6H3. The van der Waals surface area contributed by atoms with Gasteiger partial charge in [0.05, 0.1) is 48.3 Å². The summed E-state index contributed by atoms with van der Waals surface area (Å²) in [4.78, 5) is 32.2.